The fourth-order valence-electron chi connectivity index (χ4n) is 2.61. The zero-order chi connectivity index (χ0) is 13.6. The van der Waals surface area contributed by atoms with Crippen molar-refractivity contribution >= 4 is 9.84 Å². The van der Waals surface area contributed by atoms with Crippen molar-refractivity contribution in [3.05, 3.63) is 0 Å². The summed E-state index contributed by atoms with van der Waals surface area (Å²) in [5.74, 6) is 0.239. The minimum absolute atomic E-state index is 0.0622. The third-order valence-corrected chi connectivity index (χ3v) is 4.59. The maximum Gasteiger partial charge on any atom is 0.148 e. The Morgan fingerprint density at radius 3 is 2.44 bits per heavy atom. The molecule has 0 bridgehead atoms. The topological polar surface area (TPSA) is 49.4 Å². The average Bonchev–Trinajstić information content (AvgIpc) is 2.25. The van der Waals surface area contributed by atoms with E-state index in [1.54, 1.807) is 0 Å². The zero-order valence-electron chi connectivity index (χ0n) is 12.0. The molecular weight excluding hydrogens is 248 g/mol. The molecule has 0 amide bonds. The Morgan fingerprint density at radius 2 is 1.94 bits per heavy atom. The first-order chi connectivity index (χ1) is 8.40. The lowest BCUT2D eigenvalue weighted by atomic mass is 10.0. The minimum Gasteiger partial charge on any atom is -0.310 e. The van der Waals surface area contributed by atoms with Crippen LogP contribution in [0, 0.1) is 0 Å². The lowest BCUT2D eigenvalue weighted by molar-refractivity contribution is 0.191. The van der Waals surface area contributed by atoms with Crippen molar-refractivity contribution in [1.82, 2.24) is 10.2 Å². The fraction of sp³-hybridized carbons (Fsp3) is 1.00. The highest BCUT2D eigenvalue weighted by molar-refractivity contribution is 7.90. The summed E-state index contributed by atoms with van der Waals surface area (Å²) in [7, 11) is -2.87. The number of piperidine rings is 1. The van der Waals surface area contributed by atoms with Crippen molar-refractivity contribution in [1.29, 1.82) is 0 Å². The van der Waals surface area contributed by atoms with Crippen molar-refractivity contribution < 1.29 is 8.42 Å². The summed E-state index contributed by atoms with van der Waals surface area (Å²) >= 11 is 0. The SMILES string of the molecule is CCCCN1CCC(NC(C)CS(C)(=O)=O)CC1. The number of hydrogen-bond acceptors (Lipinski definition) is 4. The highest BCUT2D eigenvalue weighted by Gasteiger charge is 2.21. The first-order valence-electron chi connectivity index (χ1n) is 7.07. The molecule has 1 aliphatic heterocycles. The van der Waals surface area contributed by atoms with E-state index in [9.17, 15) is 8.42 Å². The fourth-order valence-corrected chi connectivity index (χ4v) is 3.61. The van der Waals surface area contributed by atoms with E-state index in [2.05, 4.69) is 17.1 Å². The third-order valence-electron chi connectivity index (χ3n) is 3.49. The average molecular weight is 276 g/mol. The number of nitrogens with one attached hydrogen (secondary N) is 1. The van der Waals surface area contributed by atoms with Gasteiger partial charge in [-0.05, 0) is 45.8 Å². The number of nitrogens with zero attached hydrogens (tertiary/aromatic N) is 1. The molecule has 5 heteroatoms. The van der Waals surface area contributed by atoms with E-state index < -0.39 is 9.84 Å². The summed E-state index contributed by atoms with van der Waals surface area (Å²) in [6.07, 6.45) is 6.11. The van der Waals surface area contributed by atoms with Gasteiger partial charge in [0.05, 0.1) is 5.75 Å². The predicted molar refractivity (Wildman–Crippen MR) is 76.7 cm³/mol. The second-order valence-corrected chi connectivity index (χ2v) is 7.81. The number of unbranched alkanes of at least 4 members (excludes halogenated alkanes) is 1. The molecule has 4 nitrogen and oxygen atoms in total. The molecule has 0 aromatic heterocycles. The summed E-state index contributed by atoms with van der Waals surface area (Å²) in [5.41, 5.74) is 0. The van der Waals surface area contributed by atoms with E-state index in [0.717, 1.165) is 25.9 Å². The van der Waals surface area contributed by atoms with E-state index in [-0.39, 0.29) is 11.8 Å². The molecule has 1 fully saturated rings. The van der Waals surface area contributed by atoms with E-state index >= 15 is 0 Å². The largest absolute Gasteiger partial charge is 0.310 e. The maximum absolute atomic E-state index is 11.2. The van der Waals surface area contributed by atoms with Gasteiger partial charge in [0.15, 0.2) is 0 Å². The summed E-state index contributed by atoms with van der Waals surface area (Å²) in [6.45, 7) is 7.68. The molecule has 1 aliphatic rings. The molecule has 18 heavy (non-hydrogen) atoms. The van der Waals surface area contributed by atoms with Crippen LogP contribution in [-0.2, 0) is 9.84 Å². The third kappa shape index (κ3) is 6.71. The van der Waals surface area contributed by atoms with Crippen LogP contribution in [0.5, 0.6) is 0 Å². The molecule has 1 heterocycles. The number of sulfone groups is 1. The molecule has 1 N–H and O–H groups in total. The summed E-state index contributed by atoms with van der Waals surface area (Å²) in [4.78, 5) is 2.52. The quantitative estimate of drug-likeness (QED) is 0.761. The zero-order valence-corrected chi connectivity index (χ0v) is 12.8. The van der Waals surface area contributed by atoms with E-state index in [0.29, 0.717) is 6.04 Å². The first kappa shape index (κ1) is 15.9. The first-order valence-corrected chi connectivity index (χ1v) is 9.13. The molecule has 0 spiro atoms. The molecule has 108 valence electrons. The van der Waals surface area contributed by atoms with Gasteiger partial charge in [0.25, 0.3) is 0 Å². The molecule has 1 unspecified atom stereocenters. The van der Waals surface area contributed by atoms with Crippen LogP contribution >= 0.6 is 0 Å². The Balaban J connectivity index is 2.23. The van der Waals surface area contributed by atoms with Crippen LogP contribution in [0.3, 0.4) is 0 Å². The Kier molecular flexibility index (Phi) is 6.60. The minimum atomic E-state index is -2.87. The van der Waals surface area contributed by atoms with Gasteiger partial charge in [0, 0.05) is 18.3 Å². The summed E-state index contributed by atoms with van der Waals surface area (Å²) in [6, 6.07) is 0.548. The maximum atomic E-state index is 11.2. The van der Waals surface area contributed by atoms with Crippen molar-refractivity contribution in [2.45, 2.75) is 51.6 Å². The highest BCUT2D eigenvalue weighted by atomic mass is 32.2. The van der Waals surface area contributed by atoms with Gasteiger partial charge in [0.2, 0.25) is 0 Å². The van der Waals surface area contributed by atoms with Gasteiger partial charge in [-0.1, -0.05) is 13.3 Å². The van der Waals surface area contributed by atoms with Crippen molar-refractivity contribution in [3.63, 3.8) is 0 Å². The Bertz CT molecular complexity index is 322. The van der Waals surface area contributed by atoms with E-state index in [4.69, 9.17) is 0 Å². The van der Waals surface area contributed by atoms with Crippen LogP contribution in [0.4, 0.5) is 0 Å². The van der Waals surface area contributed by atoms with Crippen molar-refractivity contribution in [2.75, 3.05) is 31.6 Å². The molecule has 1 rings (SSSR count). The van der Waals surface area contributed by atoms with Crippen LogP contribution in [-0.4, -0.2) is 57.0 Å². The van der Waals surface area contributed by atoms with E-state index in [1.807, 2.05) is 6.92 Å². The monoisotopic (exact) mass is 276 g/mol. The van der Waals surface area contributed by atoms with Gasteiger partial charge < -0.3 is 10.2 Å². The Morgan fingerprint density at radius 1 is 1.33 bits per heavy atom. The second kappa shape index (κ2) is 7.46. The van der Waals surface area contributed by atoms with Crippen LogP contribution in [0.1, 0.15) is 39.5 Å². The number of rotatable bonds is 7. The summed E-state index contributed by atoms with van der Waals surface area (Å²) < 4.78 is 22.4. The number of likely N-dealkylation sites (tertiary alicyclic amines) is 1. The molecule has 1 atom stereocenters. The molecule has 0 aliphatic carbocycles. The van der Waals surface area contributed by atoms with Crippen LogP contribution < -0.4 is 5.32 Å². The molecule has 1 saturated heterocycles. The van der Waals surface area contributed by atoms with Gasteiger partial charge in [-0.3, -0.25) is 0 Å². The molecular formula is C13H28N2O2S. The molecule has 0 aromatic rings. The lowest BCUT2D eigenvalue weighted by Gasteiger charge is -2.33. The second-order valence-electron chi connectivity index (χ2n) is 5.63. The van der Waals surface area contributed by atoms with Crippen LogP contribution in [0.25, 0.3) is 0 Å². The lowest BCUT2D eigenvalue weighted by Crippen LogP contribution is -2.47. The van der Waals surface area contributed by atoms with E-state index in [1.165, 1.54) is 25.6 Å². The van der Waals surface area contributed by atoms with Crippen LogP contribution in [0.15, 0.2) is 0 Å². The predicted octanol–water partition coefficient (Wildman–Crippen LogP) is 1.27. The number of hydrogen-bond donors (Lipinski definition) is 1. The normalized spacial score (nSPS) is 21.1. The molecule has 0 radical (unpaired) electrons. The molecule has 0 aromatic carbocycles. The summed E-state index contributed by atoms with van der Waals surface area (Å²) in [5, 5.41) is 3.45. The smallest absolute Gasteiger partial charge is 0.148 e. The molecule has 0 saturated carbocycles. The highest BCUT2D eigenvalue weighted by Crippen LogP contribution is 2.12. The standard InChI is InChI=1S/C13H28N2O2S/c1-4-5-8-15-9-6-13(7-10-15)14-12(2)11-18(3,16)17/h12-14H,4-11H2,1-3H3. The Labute approximate surface area is 112 Å². The van der Waals surface area contributed by atoms with Gasteiger partial charge in [-0.2, -0.15) is 0 Å². The van der Waals surface area contributed by atoms with Crippen molar-refractivity contribution in [2.24, 2.45) is 0 Å². The van der Waals surface area contributed by atoms with Gasteiger partial charge in [-0.15, -0.1) is 0 Å². The van der Waals surface area contributed by atoms with Gasteiger partial charge >= 0.3 is 0 Å². The Hall–Kier alpha value is -0.130. The van der Waals surface area contributed by atoms with Gasteiger partial charge in [-0.25, -0.2) is 8.42 Å². The van der Waals surface area contributed by atoms with Gasteiger partial charge in [0.1, 0.15) is 9.84 Å². The van der Waals surface area contributed by atoms with Crippen molar-refractivity contribution in [3.8, 4) is 0 Å². The van der Waals surface area contributed by atoms with Crippen LogP contribution in [0.2, 0.25) is 0 Å².